The molecule has 138 valence electrons. The van der Waals surface area contributed by atoms with Gasteiger partial charge in [-0.2, -0.15) is 0 Å². The van der Waals surface area contributed by atoms with Crippen LogP contribution in [0.2, 0.25) is 0 Å². The molecule has 1 N–H and O–H groups in total. The topological polar surface area (TPSA) is 32.3 Å². The maximum Gasteiger partial charge on any atom is 0.242 e. The summed E-state index contributed by atoms with van der Waals surface area (Å²) in [5, 5.41) is 2.44. The van der Waals surface area contributed by atoms with Crippen molar-refractivity contribution in [1.29, 1.82) is 0 Å². The quantitative estimate of drug-likeness (QED) is 0.761. The van der Waals surface area contributed by atoms with Crippen molar-refractivity contribution in [3.05, 3.63) is 66.2 Å². The largest absolute Gasteiger partial charge is 0.325 e. The molecule has 4 heteroatoms. The van der Waals surface area contributed by atoms with Crippen molar-refractivity contribution in [1.82, 2.24) is 4.90 Å². The predicted octanol–water partition coefficient (Wildman–Crippen LogP) is 4.88. The zero-order valence-electron chi connectivity index (χ0n) is 15.5. The molecule has 1 unspecified atom stereocenters. The number of carbonyl (C=O) groups is 1. The normalized spacial score (nSPS) is 24.2. The van der Waals surface area contributed by atoms with E-state index in [2.05, 4.69) is 54.6 Å². The number of anilines is 1. The third kappa shape index (κ3) is 3.94. The third-order valence-electron chi connectivity index (χ3n) is 5.73. The Morgan fingerprint density at radius 1 is 1.04 bits per heavy atom. The van der Waals surface area contributed by atoms with Crippen molar-refractivity contribution < 1.29 is 4.79 Å². The highest BCUT2D eigenvalue weighted by molar-refractivity contribution is 6.32. The van der Waals surface area contributed by atoms with E-state index >= 15 is 0 Å². The van der Waals surface area contributed by atoms with Crippen LogP contribution in [-0.4, -0.2) is 30.3 Å². The van der Waals surface area contributed by atoms with Crippen LogP contribution in [0.25, 0.3) is 0 Å². The molecule has 1 fully saturated rings. The van der Waals surface area contributed by atoms with Crippen molar-refractivity contribution in [3.8, 4) is 0 Å². The Labute approximate surface area is 161 Å². The van der Waals surface area contributed by atoms with Crippen molar-refractivity contribution in [2.45, 2.75) is 36.6 Å². The number of amides is 1. The second kappa shape index (κ2) is 8.24. The lowest BCUT2D eigenvalue weighted by atomic mass is 9.71. The molecule has 2 aromatic rings. The summed E-state index contributed by atoms with van der Waals surface area (Å²) < 4.78 is 0. The second-order valence-corrected chi connectivity index (χ2v) is 7.86. The Morgan fingerprint density at radius 3 is 2.12 bits per heavy atom. The van der Waals surface area contributed by atoms with Crippen LogP contribution in [0.5, 0.6) is 0 Å². The lowest BCUT2D eigenvalue weighted by molar-refractivity contribution is -0.117. The second-order valence-electron chi connectivity index (χ2n) is 7.39. The smallest absolute Gasteiger partial charge is 0.242 e. The van der Waals surface area contributed by atoms with Crippen molar-refractivity contribution >= 4 is 23.2 Å². The summed E-state index contributed by atoms with van der Waals surface area (Å²) in [6.07, 6.45) is 3.92. The Morgan fingerprint density at radius 2 is 1.58 bits per heavy atom. The number of alkyl halides is 1. The van der Waals surface area contributed by atoms with E-state index in [0.29, 0.717) is 0 Å². The van der Waals surface area contributed by atoms with Crippen molar-refractivity contribution in [2.24, 2.45) is 5.92 Å². The van der Waals surface area contributed by atoms with Crippen LogP contribution in [0.1, 0.15) is 31.2 Å². The average Bonchev–Trinajstić information content (AvgIpc) is 2.68. The number of carbonyl (C=O) groups excluding carboxylic acids is 1. The van der Waals surface area contributed by atoms with E-state index in [4.69, 9.17) is 11.6 Å². The number of benzene rings is 2. The molecule has 1 saturated carbocycles. The van der Waals surface area contributed by atoms with Gasteiger partial charge in [-0.25, -0.2) is 0 Å². The van der Waals surface area contributed by atoms with Gasteiger partial charge >= 0.3 is 0 Å². The first-order valence-corrected chi connectivity index (χ1v) is 9.69. The molecule has 3 rings (SSSR count). The minimum Gasteiger partial charge on any atom is -0.325 e. The molecule has 2 aromatic carbocycles. The molecule has 1 atom stereocenters. The van der Waals surface area contributed by atoms with Crippen LogP contribution in [0.3, 0.4) is 0 Å². The molecular weight excluding hydrogens is 344 g/mol. The Bertz CT molecular complexity index is 709. The number of halogens is 1. The van der Waals surface area contributed by atoms with Gasteiger partial charge in [0, 0.05) is 11.2 Å². The SMILES string of the molecule is CN(C)C1(c2ccccc2)CCC(C(Cl)C(=O)Nc2ccccc2)CC1. The Hall–Kier alpha value is -1.84. The van der Waals surface area contributed by atoms with Gasteiger partial charge in [-0.1, -0.05) is 48.5 Å². The van der Waals surface area contributed by atoms with E-state index in [-0.39, 0.29) is 17.4 Å². The van der Waals surface area contributed by atoms with Crippen molar-refractivity contribution in [2.75, 3.05) is 19.4 Å². The Balaban J connectivity index is 1.66. The van der Waals surface area contributed by atoms with Gasteiger partial charge in [-0.15, -0.1) is 11.6 Å². The van der Waals surface area contributed by atoms with Gasteiger partial charge in [0.2, 0.25) is 5.91 Å². The summed E-state index contributed by atoms with van der Waals surface area (Å²) >= 11 is 6.55. The minimum atomic E-state index is -0.494. The molecule has 1 aliphatic carbocycles. The van der Waals surface area contributed by atoms with E-state index in [1.807, 2.05) is 30.3 Å². The monoisotopic (exact) mass is 370 g/mol. The van der Waals surface area contributed by atoms with Gasteiger partial charge in [0.05, 0.1) is 0 Å². The van der Waals surface area contributed by atoms with Gasteiger partial charge in [0.15, 0.2) is 0 Å². The van der Waals surface area contributed by atoms with E-state index in [1.54, 1.807) is 0 Å². The summed E-state index contributed by atoms with van der Waals surface area (Å²) in [5.74, 6) is 0.108. The number of rotatable bonds is 5. The molecule has 0 spiro atoms. The number of para-hydroxylation sites is 1. The number of hydrogen-bond donors (Lipinski definition) is 1. The summed E-state index contributed by atoms with van der Waals surface area (Å²) in [4.78, 5) is 14.8. The van der Waals surface area contributed by atoms with Gasteiger partial charge in [-0.05, 0) is 63.4 Å². The standard InChI is InChI=1S/C22H27ClN2O/c1-25(2)22(18-9-5-3-6-10-18)15-13-17(14-16-22)20(23)21(26)24-19-11-7-4-8-12-19/h3-12,17,20H,13-16H2,1-2H3,(H,24,26). The van der Waals surface area contributed by atoms with Gasteiger partial charge in [-0.3, -0.25) is 9.69 Å². The number of nitrogens with zero attached hydrogens (tertiary/aromatic N) is 1. The molecule has 1 aliphatic rings. The molecule has 0 heterocycles. The van der Waals surface area contributed by atoms with E-state index < -0.39 is 5.38 Å². The molecule has 0 bridgehead atoms. The average molecular weight is 371 g/mol. The maximum atomic E-state index is 12.5. The molecule has 1 amide bonds. The van der Waals surface area contributed by atoms with Crippen LogP contribution >= 0.6 is 11.6 Å². The zero-order valence-corrected chi connectivity index (χ0v) is 16.2. The maximum absolute atomic E-state index is 12.5. The lowest BCUT2D eigenvalue weighted by Crippen LogP contribution is -2.46. The van der Waals surface area contributed by atoms with Crippen LogP contribution in [0, 0.1) is 5.92 Å². The van der Waals surface area contributed by atoms with E-state index in [0.717, 1.165) is 31.4 Å². The van der Waals surface area contributed by atoms with Gasteiger partial charge in [0.25, 0.3) is 0 Å². The highest BCUT2D eigenvalue weighted by Crippen LogP contribution is 2.44. The summed E-state index contributed by atoms with van der Waals surface area (Å²) in [5.41, 5.74) is 2.18. The number of nitrogens with one attached hydrogen (secondary N) is 1. The van der Waals surface area contributed by atoms with E-state index in [1.165, 1.54) is 5.56 Å². The number of hydrogen-bond acceptors (Lipinski definition) is 2. The highest BCUT2D eigenvalue weighted by Gasteiger charge is 2.41. The molecule has 0 radical (unpaired) electrons. The minimum absolute atomic E-state index is 0.0320. The predicted molar refractivity (Wildman–Crippen MR) is 108 cm³/mol. The fourth-order valence-electron chi connectivity index (χ4n) is 4.10. The molecule has 0 aliphatic heterocycles. The molecular formula is C22H27ClN2O. The van der Waals surface area contributed by atoms with Crippen LogP contribution in [0.4, 0.5) is 5.69 Å². The Kier molecular flexibility index (Phi) is 6.00. The molecule has 0 saturated heterocycles. The fourth-order valence-corrected chi connectivity index (χ4v) is 4.41. The van der Waals surface area contributed by atoms with Crippen molar-refractivity contribution in [3.63, 3.8) is 0 Å². The van der Waals surface area contributed by atoms with E-state index in [9.17, 15) is 4.79 Å². The summed E-state index contributed by atoms with van der Waals surface area (Å²) in [6, 6.07) is 20.2. The van der Waals surface area contributed by atoms with Crippen LogP contribution < -0.4 is 5.32 Å². The first-order valence-electron chi connectivity index (χ1n) is 9.26. The summed E-state index contributed by atoms with van der Waals surface area (Å²) in [6.45, 7) is 0. The van der Waals surface area contributed by atoms with Gasteiger partial charge < -0.3 is 5.32 Å². The molecule has 26 heavy (non-hydrogen) atoms. The summed E-state index contributed by atoms with van der Waals surface area (Å²) in [7, 11) is 4.29. The van der Waals surface area contributed by atoms with Gasteiger partial charge in [0.1, 0.15) is 5.38 Å². The lowest BCUT2D eigenvalue weighted by Gasteiger charge is -2.46. The van der Waals surface area contributed by atoms with Crippen LogP contribution in [-0.2, 0) is 10.3 Å². The van der Waals surface area contributed by atoms with Crippen LogP contribution in [0.15, 0.2) is 60.7 Å². The first kappa shape index (κ1) is 18.9. The zero-order chi connectivity index (χ0) is 18.6. The third-order valence-corrected chi connectivity index (χ3v) is 6.28. The molecule has 0 aromatic heterocycles. The molecule has 3 nitrogen and oxygen atoms in total. The highest BCUT2D eigenvalue weighted by atomic mass is 35.5. The fraction of sp³-hybridized carbons (Fsp3) is 0.409. The first-order chi connectivity index (χ1) is 12.5.